The highest BCUT2D eigenvalue weighted by molar-refractivity contribution is 8.00. The van der Waals surface area contributed by atoms with Gasteiger partial charge in [0, 0.05) is 43.3 Å². The van der Waals surface area contributed by atoms with Gasteiger partial charge in [-0.1, -0.05) is 11.6 Å². The third kappa shape index (κ3) is 3.92. The fourth-order valence-electron chi connectivity index (χ4n) is 4.97. The van der Waals surface area contributed by atoms with Crippen LogP contribution < -0.4 is 9.64 Å². The molecule has 3 atom stereocenters. The van der Waals surface area contributed by atoms with Gasteiger partial charge in [0.15, 0.2) is 11.0 Å². The van der Waals surface area contributed by atoms with Gasteiger partial charge in [-0.15, -0.1) is 0 Å². The minimum absolute atomic E-state index is 0.0409. The lowest BCUT2D eigenvalue weighted by molar-refractivity contribution is 0.107. The Hall–Kier alpha value is -1.49. The van der Waals surface area contributed by atoms with Crippen LogP contribution in [0.3, 0.4) is 0 Å². The van der Waals surface area contributed by atoms with E-state index in [9.17, 15) is 13.9 Å². The summed E-state index contributed by atoms with van der Waals surface area (Å²) in [6, 6.07) is 0.0472. The number of fused-ring (bicyclic) bond motifs is 2. The summed E-state index contributed by atoms with van der Waals surface area (Å²) in [5, 5.41) is 9.81. The molecule has 0 bridgehead atoms. The molecule has 3 aliphatic heterocycles. The normalized spacial score (nSPS) is 29.0. The van der Waals surface area contributed by atoms with Crippen LogP contribution in [0.5, 0.6) is 6.01 Å². The molecule has 0 spiro atoms. The second kappa shape index (κ2) is 8.46. The van der Waals surface area contributed by atoms with Crippen LogP contribution in [0.2, 0.25) is 5.15 Å². The largest absolute Gasteiger partial charge is 0.461 e. The van der Waals surface area contributed by atoms with E-state index < -0.39 is 12.0 Å². The number of hydrogen-bond acceptors (Lipinski definition) is 8. The van der Waals surface area contributed by atoms with Gasteiger partial charge in [0.25, 0.3) is 0 Å². The highest BCUT2D eigenvalue weighted by Crippen LogP contribution is 2.40. The Bertz CT molecular complexity index is 988. The lowest BCUT2D eigenvalue weighted by Crippen LogP contribution is -2.43. The van der Waals surface area contributed by atoms with Crippen LogP contribution >= 0.6 is 23.4 Å². The Labute approximate surface area is 188 Å². The number of nitrogens with zero attached hydrogens (tertiary/aromatic N) is 5. The zero-order valence-corrected chi connectivity index (χ0v) is 18.5. The van der Waals surface area contributed by atoms with E-state index in [1.165, 1.54) is 6.20 Å². The lowest BCUT2D eigenvalue weighted by Gasteiger charge is -2.33. The number of aromatic nitrogens is 3. The fourth-order valence-corrected chi connectivity index (χ4v) is 6.16. The van der Waals surface area contributed by atoms with Crippen LogP contribution in [0.4, 0.5) is 14.6 Å². The minimum Gasteiger partial charge on any atom is -0.461 e. The van der Waals surface area contributed by atoms with Crippen LogP contribution in [0.15, 0.2) is 6.20 Å². The maximum Gasteiger partial charge on any atom is 0.319 e. The molecule has 0 amide bonds. The predicted molar refractivity (Wildman–Crippen MR) is 116 cm³/mol. The zero-order valence-electron chi connectivity index (χ0n) is 16.9. The fraction of sp³-hybridized carbons (Fsp3) is 0.650. The maximum absolute atomic E-state index is 14.8. The lowest BCUT2D eigenvalue weighted by atomic mass is 9.95. The first-order chi connectivity index (χ1) is 15.0. The Morgan fingerprint density at radius 3 is 3.03 bits per heavy atom. The number of halogens is 3. The summed E-state index contributed by atoms with van der Waals surface area (Å²) in [6.07, 6.45) is 2.90. The predicted octanol–water partition coefficient (Wildman–Crippen LogP) is 2.69. The average molecular weight is 472 g/mol. The summed E-state index contributed by atoms with van der Waals surface area (Å²) in [5.41, 5.74) is -0.301. The van der Waals surface area contributed by atoms with Crippen molar-refractivity contribution in [1.82, 2.24) is 19.9 Å². The third-order valence-electron chi connectivity index (χ3n) is 6.47. The van der Waals surface area contributed by atoms with Gasteiger partial charge in [0.1, 0.15) is 24.1 Å². The molecule has 31 heavy (non-hydrogen) atoms. The molecule has 168 valence electrons. The molecule has 5 heterocycles. The number of alkyl halides is 1. The monoisotopic (exact) mass is 471 g/mol. The molecule has 11 heteroatoms. The number of hydrogen-bond donors (Lipinski definition) is 1. The molecule has 3 saturated heterocycles. The first-order valence-electron chi connectivity index (χ1n) is 10.5. The second-order valence-electron chi connectivity index (χ2n) is 8.44. The second-order valence-corrected chi connectivity index (χ2v) is 10.2. The third-order valence-corrected chi connectivity index (χ3v) is 7.93. The molecule has 5 rings (SSSR count). The van der Waals surface area contributed by atoms with Gasteiger partial charge in [0.05, 0.1) is 17.5 Å². The molecule has 1 unspecified atom stereocenters. The first-order valence-corrected chi connectivity index (χ1v) is 11.9. The van der Waals surface area contributed by atoms with E-state index in [2.05, 4.69) is 19.9 Å². The summed E-state index contributed by atoms with van der Waals surface area (Å²) in [6.45, 7) is 2.85. The van der Waals surface area contributed by atoms with Crippen LogP contribution in [0.25, 0.3) is 10.9 Å². The Morgan fingerprint density at radius 2 is 2.19 bits per heavy atom. The van der Waals surface area contributed by atoms with Crippen LogP contribution in [-0.4, -0.2) is 87.1 Å². The topological polar surface area (TPSA) is 74.6 Å². The van der Waals surface area contributed by atoms with Crippen LogP contribution in [-0.2, 0) is 0 Å². The number of thioether (sulfide) groups is 1. The molecule has 3 aliphatic rings. The van der Waals surface area contributed by atoms with Crippen molar-refractivity contribution in [2.75, 3.05) is 50.0 Å². The molecule has 0 aromatic carbocycles. The maximum atomic E-state index is 14.8. The van der Waals surface area contributed by atoms with Crippen molar-refractivity contribution < 1.29 is 18.6 Å². The average Bonchev–Trinajstić information content (AvgIpc) is 3.30. The van der Waals surface area contributed by atoms with Crippen molar-refractivity contribution in [3.63, 3.8) is 0 Å². The van der Waals surface area contributed by atoms with Gasteiger partial charge in [-0.05, 0) is 19.4 Å². The summed E-state index contributed by atoms with van der Waals surface area (Å²) >= 11 is 7.60. The number of ether oxygens (including phenoxy) is 1. The molecule has 3 fully saturated rings. The van der Waals surface area contributed by atoms with Crippen molar-refractivity contribution in [3.05, 3.63) is 17.2 Å². The van der Waals surface area contributed by atoms with Gasteiger partial charge in [-0.25, -0.2) is 13.8 Å². The van der Waals surface area contributed by atoms with E-state index in [-0.39, 0.29) is 40.7 Å². The Balaban J connectivity index is 1.49. The molecule has 0 saturated carbocycles. The van der Waals surface area contributed by atoms with Gasteiger partial charge in [0.2, 0.25) is 0 Å². The van der Waals surface area contributed by atoms with E-state index in [1.807, 2.05) is 4.90 Å². The van der Waals surface area contributed by atoms with E-state index in [0.717, 1.165) is 25.1 Å². The summed E-state index contributed by atoms with van der Waals surface area (Å²) < 4.78 is 34.9. The highest BCUT2D eigenvalue weighted by atomic mass is 35.5. The smallest absolute Gasteiger partial charge is 0.319 e. The SMILES string of the molecule is OCC1CN(c2nc(OC[C@@]34CCCN3C[C@H](F)C4)nc3c(F)c(Cl)ncc23)CCS1. The van der Waals surface area contributed by atoms with Crippen molar-refractivity contribution in [2.45, 2.75) is 36.2 Å². The van der Waals surface area contributed by atoms with Gasteiger partial charge < -0.3 is 14.7 Å². The molecule has 0 radical (unpaired) electrons. The number of rotatable bonds is 5. The molecule has 0 aliphatic carbocycles. The van der Waals surface area contributed by atoms with E-state index in [0.29, 0.717) is 37.3 Å². The van der Waals surface area contributed by atoms with Gasteiger partial charge in [-0.3, -0.25) is 4.90 Å². The number of aliphatic hydroxyl groups excluding tert-OH is 1. The highest BCUT2D eigenvalue weighted by Gasteiger charge is 2.49. The van der Waals surface area contributed by atoms with Crippen LogP contribution in [0.1, 0.15) is 19.3 Å². The van der Waals surface area contributed by atoms with Crippen molar-refractivity contribution in [1.29, 1.82) is 0 Å². The summed E-state index contributed by atoms with van der Waals surface area (Å²) in [5.74, 6) is 0.604. The zero-order chi connectivity index (χ0) is 21.6. The van der Waals surface area contributed by atoms with E-state index in [4.69, 9.17) is 16.3 Å². The van der Waals surface area contributed by atoms with Crippen molar-refractivity contribution >= 4 is 40.1 Å². The number of anilines is 1. The van der Waals surface area contributed by atoms with Crippen LogP contribution in [0, 0.1) is 5.82 Å². The summed E-state index contributed by atoms with van der Waals surface area (Å²) in [4.78, 5) is 17.0. The molecule has 2 aromatic heterocycles. The minimum atomic E-state index is -0.861. The quantitative estimate of drug-likeness (QED) is 0.667. The number of pyridine rings is 1. The first kappa shape index (κ1) is 21.4. The molecular formula is C20H24ClF2N5O2S. The molecule has 1 N–H and O–H groups in total. The van der Waals surface area contributed by atoms with Gasteiger partial charge in [-0.2, -0.15) is 21.7 Å². The van der Waals surface area contributed by atoms with Gasteiger partial charge >= 0.3 is 6.01 Å². The Kier molecular flexibility index (Phi) is 5.83. The molecule has 7 nitrogen and oxygen atoms in total. The molecule has 2 aromatic rings. The summed E-state index contributed by atoms with van der Waals surface area (Å²) in [7, 11) is 0. The number of aliphatic hydroxyl groups is 1. The van der Waals surface area contributed by atoms with Crippen molar-refractivity contribution in [2.24, 2.45) is 0 Å². The van der Waals surface area contributed by atoms with E-state index in [1.54, 1.807) is 11.8 Å². The standard InChI is InChI=1S/C20H24ClF2N5O2S/c21-17-15(23)16-14(7-24-17)18(27-4-5-31-13(9-27)10-29)26-19(25-16)30-11-20-2-1-3-28(20)8-12(22)6-20/h7,12-13,29H,1-6,8-11H2/t12-,13?,20+/m1/s1. The van der Waals surface area contributed by atoms with E-state index >= 15 is 0 Å². The molecular weight excluding hydrogens is 448 g/mol. The van der Waals surface area contributed by atoms with Crippen molar-refractivity contribution in [3.8, 4) is 6.01 Å². The Morgan fingerprint density at radius 1 is 1.32 bits per heavy atom.